The normalized spacial score (nSPS) is 10.3. The van der Waals surface area contributed by atoms with Gasteiger partial charge in [0.25, 0.3) is 0 Å². The van der Waals surface area contributed by atoms with E-state index in [1.807, 2.05) is 24.3 Å². The highest BCUT2D eigenvalue weighted by Gasteiger charge is 2.09. The Morgan fingerprint density at radius 1 is 1.29 bits per heavy atom. The zero-order chi connectivity index (χ0) is 15.4. The van der Waals surface area contributed by atoms with Gasteiger partial charge < -0.3 is 10.1 Å². The third kappa shape index (κ3) is 3.99. The minimum Gasteiger partial charge on any atom is -0.465 e. The summed E-state index contributed by atoms with van der Waals surface area (Å²) in [5.74, 6) is -0.354. The number of ether oxygens (including phenoxy) is 1. The maximum atomic E-state index is 11.5. The standard InChI is InChI=1S/C15H12Br2ClNO2/c1-21-15(20)9-5-6-10(11(16)7-9)8-19-13-4-2-3-12(18)14(13)17/h2-7,19H,8H2,1H3. The fourth-order valence-corrected chi connectivity index (χ4v) is 2.86. The number of esters is 1. The van der Waals surface area contributed by atoms with E-state index in [4.69, 9.17) is 16.3 Å². The average molecular weight is 434 g/mol. The van der Waals surface area contributed by atoms with E-state index in [1.54, 1.807) is 12.1 Å². The van der Waals surface area contributed by atoms with E-state index >= 15 is 0 Å². The van der Waals surface area contributed by atoms with Gasteiger partial charge >= 0.3 is 5.97 Å². The maximum absolute atomic E-state index is 11.5. The van der Waals surface area contributed by atoms with Crippen molar-refractivity contribution in [2.24, 2.45) is 0 Å². The molecule has 0 aliphatic rings. The summed E-state index contributed by atoms with van der Waals surface area (Å²) in [6.45, 7) is 0.598. The zero-order valence-corrected chi connectivity index (χ0v) is 15.0. The van der Waals surface area contributed by atoms with Gasteiger partial charge in [-0.3, -0.25) is 0 Å². The van der Waals surface area contributed by atoms with Gasteiger partial charge in [-0.15, -0.1) is 0 Å². The van der Waals surface area contributed by atoms with Crippen LogP contribution in [0.2, 0.25) is 5.02 Å². The highest BCUT2D eigenvalue weighted by atomic mass is 79.9. The first-order valence-corrected chi connectivity index (χ1v) is 8.04. The van der Waals surface area contributed by atoms with Crippen LogP contribution >= 0.6 is 43.5 Å². The van der Waals surface area contributed by atoms with E-state index in [1.165, 1.54) is 7.11 Å². The molecule has 6 heteroatoms. The second-order valence-corrected chi connectivity index (χ2v) is 6.31. The molecule has 0 saturated heterocycles. The Bertz CT molecular complexity index is 677. The zero-order valence-electron chi connectivity index (χ0n) is 11.1. The lowest BCUT2D eigenvalue weighted by Gasteiger charge is -2.11. The van der Waals surface area contributed by atoms with Gasteiger partial charge in [-0.1, -0.05) is 39.7 Å². The first-order valence-electron chi connectivity index (χ1n) is 6.07. The van der Waals surface area contributed by atoms with Gasteiger partial charge in [0.15, 0.2) is 0 Å². The molecule has 0 aliphatic heterocycles. The minimum atomic E-state index is -0.354. The van der Waals surface area contributed by atoms with Gasteiger partial charge in [-0.2, -0.15) is 0 Å². The van der Waals surface area contributed by atoms with Crippen LogP contribution in [-0.4, -0.2) is 13.1 Å². The second-order valence-electron chi connectivity index (χ2n) is 4.25. The molecular formula is C15H12Br2ClNO2. The molecule has 0 spiro atoms. The summed E-state index contributed by atoms with van der Waals surface area (Å²) >= 11 is 13.0. The fraction of sp³-hybridized carbons (Fsp3) is 0.133. The summed E-state index contributed by atoms with van der Waals surface area (Å²) in [7, 11) is 1.36. The summed E-state index contributed by atoms with van der Waals surface area (Å²) in [6.07, 6.45) is 0. The molecule has 0 unspecified atom stereocenters. The highest BCUT2D eigenvalue weighted by Crippen LogP contribution is 2.30. The van der Waals surface area contributed by atoms with E-state index in [0.29, 0.717) is 17.1 Å². The number of benzene rings is 2. The van der Waals surface area contributed by atoms with Crippen molar-refractivity contribution in [1.82, 2.24) is 0 Å². The number of hydrogen-bond acceptors (Lipinski definition) is 3. The number of halogens is 3. The van der Waals surface area contributed by atoms with Gasteiger partial charge in [0.2, 0.25) is 0 Å². The molecule has 0 atom stereocenters. The minimum absolute atomic E-state index is 0.354. The summed E-state index contributed by atoms with van der Waals surface area (Å²) in [6, 6.07) is 11.0. The molecule has 2 rings (SSSR count). The molecule has 0 fully saturated rings. The van der Waals surface area contributed by atoms with Crippen LogP contribution in [-0.2, 0) is 11.3 Å². The largest absolute Gasteiger partial charge is 0.465 e. The number of anilines is 1. The molecule has 0 aromatic heterocycles. The maximum Gasteiger partial charge on any atom is 0.337 e. The van der Waals surface area contributed by atoms with E-state index < -0.39 is 0 Å². The molecule has 3 nitrogen and oxygen atoms in total. The van der Waals surface area contributed by atoms with E-state index in [2.05, 4.69) is 37.2 Å². The highest BCUT2D eigenvalue weighted by molar-refractivity contribution is 9.11. The average Bonchev–Trinajstić information content (AvgIpc) is 2.49. The molecule has 21 heavy (non-hydrogen) atoms. The number of carbonyl (C=O) groups excluding carboxylic acids is 1. The fourth-order valence-electron chi connectivity index (χ4n) is 1.77. The first-order chi connectivity index (χ1) is 10.0. The predicted molar refractivity (Wildman–Crippen MR) is 92.0 cm³/mol. The first kappa shape index (κ1) is 16.3. The Hall–Kier alpha value is -1.04. The molecule has 2 aromatic rings. The summed E-state index contributed by atoms with van der Waals surface area (Å²) in [5, 5.41) is 3.95. The summed E-state index contributed by atoms with van der Waals surface area (Å²) < 4.78 is 6.36. The lowest BCUT2D eigenvalue weighted by molar-refractivity contribution is 0.0600. The van der Waals surface area contributed by atoms with Crippen molar-refractivity contribution in [3.05, 3.63) is 61.5 Å². The predicted octanol–water partition coefficient (Wildman–Crippen LogP) is 5.26. The van der Waals surface area contributed by atoms with Crippen molar-refractivity contribution in [3.63, 3.8) is 0 Å². The van der Waals surface area contributed by atoms with Crippen LogP contribution in [0.25, 0.3) is 0 Å². The molecular weight excluding hydrogens is 421 g/mol. The summed E-state index contributed by atoms with van der Waals surface area (Å²) in [4.78, 5) is 11.5. The van der Waals surface area contributed by atoms with Crippen LogP contribution in [0, 0.1) is 0 Å². The Morgan fingerprint density at radius 3 is 2.71 bits per heavy atom. The Labute approximate surface area is 144 Å². The molecule has 0 radical (unpaired) electrons. The number of hydrogen-bond donors (Lipinski definition) is 1. The Morgan fingerprint density at radius 2 is 2.05 bits per heavy atom. The van der Waals surface area contributed by atoms with Gasteiger partial charge in [0.05, 0.1) is 27.9 Å². The van der Waals surface area contributed by atoms with Gasteiger partial charge in [0.1, 0.15) is 0 Å². The SMILES string of the molecule is COC(=O)c1ccc(CNc2cccc(Cl)c2Br)c(Br)c1. The van der Waals surface area contributed by atoms with Crippen LogP contribution in [0.4, 0.5) is 5.69 Å². The third-order valence-corrected chi connectivity index (χ3v) is 5.03. The quantitative estimate of drug-likeness (QED) is 0.668. The van der Waals surface area contributed by atoms with Crippen molar-refractivity contribution in [1.29, 1.82) is 0 Å². The van der Waals surface area contributed by atoms with Crippen LogP contribution < -0.4 is 5.32 Å². The number of nitrogens with one attached hydrogen (secondary N) is 1. The molecule has 0 heterocycles. The molecule has 110 valence electrons. The van der Waals surface area contributed by atoms with E-state index in [0.717, 1.165) is 20.2 Å². The van der Waals surface area contributed by atoms with Crippen LogP contribution in [0.3, 0.4) is 0 Å². The molecule has 0 saturated carbocycles. The van der Waals surface area contributed by atoms with Crippen molar-refractivity contribution in [2.75, 3.05) is 12.4 Å². The van der Waals surface area contributed by atoms with Crippen molar-refractivity contribution < 1.29 is 9.53 Å². The Kier molecular flexibility index (Phi) is 5.67. The molecule has 0 amide bonds. The van der Waals surface area contributed by atoms with E-state index in [9.17, 15) is 4.79 Å². The third-order valence-electron chi connectivity index (χ3n) is 2.90. The van der Waals surface area contributed by atoms with Crippen LogP contribution in [0.5, 0.6) is 0 Å². The number of rotatable bonds is 4. The van der Waals surface area contributed by atoms with Crippen LogP contribution in [0.15, 0.2) is 45.3 Å². The molecule has 0 bridgehead atoms. The molecule has 0 aliphatic carbocycles. The number of methoxy groups -OCH3 is 1. The van der Waals surface area contributed by atoms with Gasteiger partial charge in [-0.05, 0) is 45.8 Å². The van der Waals surface area contributed by atoms with Gasteiger partial charge in [-0.25, -0.2) is 4.79 Å². The summed E-state index contributed by atoms with van der Waals surface area (Å²) in [5.41, 5.74) is 2.44. The second kappa shape index (κ2) is 7.29. The Balaban J connectivity index is 2.13. The topological polar surface area (TPSA) is 38.3 Å². The van der Waals surface area contributed by atoms with Crippen molar-refractivity contribution in [2.45, 2.75) is 6.54 Å². The van der Waals surface area contributed by atoms with Crippen molar-refractivity contribution >= 4 is 55.1 Å². The monoisotopic (exact) mass is 431 g/mol. The van der Waals surface area contributed by atoms with Gasteiger partial charge in [0, 0.05) is 11.0 Å². The smallest absolute Gasteiger partial charge is 0.337 e. The lowest BCUT2D eigenvalue weighted by atomic mass is 10.1. The van der Waals surface area contributed by atoms with Crippen molar-refractivity contribution in [3.8, 4) is 0 Å². The molecule has 2 aromatic carbocycles. The number of carbonyl (C=O) groups is 1. The molecule has 1 N–H and O–H groups in total. The lowest BCUT2D eigenvalue weighted by Crippen LogP contribution is -2.04. The van der Waals surface area contributed by atoms with Crippen LogP contribution in [0.1, 0.15) is 15.9 Å². The van der Waals surface area contributed by atoms with E-state index in [-0.39, 0.29) is 5.97 Å².